The van der Waals surface area contributed by atoms with Crippen LogP contribution < -0.4 is 5.32 Å². The molecule has 174 valence electrons. The lowest BCUT2D eigenvalue weighted by Gasteiger charge is -2.28. The van der Waals surface area contributed by atoms with Gasteiger partial charge >= 0.3 is 0 Å². The molecule has 0 unspecified atom stereocenters. The highest BCUT2D eigenvalue weighted by Crippen LogP contribution is 2.44. The molecule has 5 heterocycles. The van der Waals surface area contributed by atoms with Crippen LogP contribution in [0, 0.1) is 11.8 Å². The normalized spacial score (nSPS) is 21.7. The Bertz CT molecular complexity index is 1620. The summed E-state index contributed by atoms with van der Waals surface area (Å²) in [7, 11) is 1.95. The number of hydrogen-bond donors (Lipinski definition) is 1. The van der Waals surface area contributed by atoms with E-state index in [1.165, 1.54) is 0 Å². The predicted molar refractivity (Wildman–Crippen MR) is 133 cm³/mol. The van der Waals surface area contributed by atoms with Gasteiger partial charge in [0.05, 0.1) is 11.1 Å². The SMILES string of the molecule is Cn1cc(C2=C(c3c4n(c5ccccc35)C[C@@H]3CN(C=O)C[C@@H]3C4)C(=O)NC2=O)c2ccccc21. The van der Waals surface area contributed by atoms with Gasteiger partial charge in [-0.1, -0.05) is 36.4 Å². The molecule has 0 aliphatic carbocycles. The molecule has 2 atom stereocenters. The van der Waals surface area contributed by atoms with Crippen molar-refractivity contribution in [3.8, 4) is 0 Å². The number of fused-ring (bicyclic) bond motifs is 5. The molecule has 7 rings (SSSR count). The lowest BCUT2D eigenvalue weighted by atomic mass is 9.85. The van der Waals surface area contributed by atoms with Gasteiger partial charge in [-0.15, -0.1) is 0 Å². The Morgan fingerprint density at radius 2 is 1.54 bits per heavy atom. The maximum absolute atomic E-state index is 13.4. The molecule has 4 aromatic rings. The summed E-state index contributed by atoms with van der Waals surface area (Å²) in [6.45, 7) is 2.30. The van der Waals surface area contributed by atoms with Crippen LogP contribution in [0.1, 0.15) is 16.8 Å². The van der Waals surface area contributed by atoms with Gasteiger partial charge < -0.3 is 14.0 Å². The number of para-hydroxylation sites is 2. The van der Waals surface area contributed by atoms with Crippen LogP contribution in [0.2, 0.25) is 0 Å². The van der Waals surface area contributed by atoms with Gasteiger partial charge in [-0.25, -0.2) is 0 Å². The summed E-state index contributed by atoms with van der Waals surface area (Å²) in [5.41, 5.74) is 5.68. The van der Waals surface area contributed by atoms with Gasteiger partial charge in [0.1, 0.15) is 0 Å². The molecule has 3 aliphatic rings. The van der Waals surface area contributed by atoms with E-state index in [1.54, 1.807) is 0 Å². The molecule has 3 aliphatic heterocycles. The molecule has 0 bridgehead atoms. The Balaban J connectivity index is 1.51. The van der Waals surface area contributed by atoms with Crippen molar-refractivity contribution in [2.24, 2.45) is 18.9 Å². The summed E-state index contributed by atoms with van der Waals surface area (Å²) >= 11 is 0. The molecule has 2 aromatic heterocycles. The van der Waals surface area contributed by atoms with Crippen LogP contribution >= 0.6 is 0 Å². The van der Waals surface area contributed by atoms with Crippen molar-refractivity contribution in [3.63, 3.8) is 0 Å². The smallest absolute Gasteiger partial charge is 0.259 e. The van der Waals surface area contributed by atoms with Crippen molar-refractivity contribution < 1.29 is 14.4 Å². The number of likely N-dealkylation sites (tertiary alicyclic amines) is 1. The fraction of sp³-hybridized carbons (Fsp3) is 0.250. The van der Waals surface area contributed by atoms with Gasteiger partial charge in [0.25, 0.3) is 11.8 Å². The highest BCUT2D eigenvalue weighted by molar-refractivity contribution is 6.51. The molecule has 1 saturated heterocycles. The van der Waals surface area contributed by atoms with Gasteiger partial charge in [-0.3, -0.25) is 19.7 Å². The van der Waals surface area contributed by atoms with Gasteiger partial charge in [0.15, 0.2) is 0 Å². The second-order valence-electron chi connectivity index (χ2n) is 9.94. The largest absolute Gasteiger partial charge is 0.350 e. The summed E-state index contributed by atoms with van der Waals surface area (Å²) in [5, 5.41) is 4.53. The minimum absolute atomic E-state index is 0.345. The Kier molecular flexibility index (Phi) is 4.16. The number of amides is 3. The molecule has 1 N–H and O–H groups in total. The summed E-state index contributed by atoms with van der Waals surface area (Å²) < 4.78 is 4.31. The van der Waals surface area contributed by atoms with E-state index >= 15 is 0 Å². The van der Waals surface area contributed by atoms with Crippen LogP contribution in [-0.4, -0.2) is 45.3 Å². The van der Waals surface area contributed by atoms with E-state index < -0.39 is 0 Å². The van der Waals surface area contributed by atoms with E-state index in [4.69, 9.17) is 0 Å². The Morgan fingerprint density at radius 3 is 2.34 bits per heavy atom. The number of aromatic nitrogens is 2. The fourth-order valence-electron chi connectivity index (χ4n) is 6.53. The Morgan fingerprint density at radius 1 is 0.857 bits per heavy atom. The second kappa shape index (κ2) is 7.18. The molecular weight excluding hydrogens is 440 g/mol. The minimum Gasteiger partial charge on any atom is -0.350 e. The molecule has 3 amide bonds. The first-order valence-electron chi connectivity index (χ1n) is 12.0. The van der Waals surface area contributed by atoms with E-state index in [1.807, 2.05) is 65.2 Å². The maximum Gasteiger partial charge on any atom is 0.259 e. The van der Waals surface area contributed by atoms with Crippen LogP contribution in [0.4, 0.5) is 0 Å². The molecule has 1 fully saturated rings. The number of benzene rings is 2. The van der Waals surface area contributed by atoms with Crippen LogP contribution in [0.25, 0.3) is 33.0 Å². The molecule has 0 saturated carbocycles. The van der Waals surface area contributed by atoms with Crippen LogP contribution in [-0.2, 0) is 34.4 Å². The monoisotopic (exact) mass is 464 g/mol. The van der Waals surface area contributed by atoms with E-state index in [0.29, 0.717) is 23.0 Å². The summed E-state index contributed by atoms with van der Waals surface area (Å²) in [6.07, 6.45) is 3.65. The fourth-order valence-corrected chi connectivity index (χ4v) is 6.53. The zero-order chi connectivity index (χ0) is 23.8. The van der Waals surface area contributed by atoms with Crippen LogP contribution in [0.3, 0.4) is 0 Å². The van der Waals surface area contributed by atoms with Crippen molar-refractivity contribution in [3.05, 3.63) is 71.5 Å². The van der Waals surface area contributed by atoms with Crippen LogP contribution in [0.5, 0.6) is 0 Å². The quantitative estimate of drug-likeness (QED) is 0.374. The predicted octanol–water partition coefficient (Wildman–Crippen LogP) is 2.96. The topological polar surface area (TPSA) is 76.3 Å². The van der Waals surface area contributed by atoms with E-state index in [2.05, 4.69) is 16.0 Å². The van der Waals surface area contributed by atoms with Gasteiger partial charge in [0, 0.05) is 71.5 Å². The minimum atomic E-state index is -0.355. The first-order valence-corrected chi connectivity index (χ1v) is 12.0. The standard InChI is InChI=1S/C28H24N4O3/c1-30-14-20(18-6-2-4-8-21(18)30)25-26(28(35)29-27(25)34)24-19-7-3-5-9-22(19)32-13-17-12-31(15-33)11-16(17)10-23(24)32/h2-9,14-17H,10-13H2,1H3,(H,29,34,35)/t16-,17-/m0/s1. The summed E-state index contributed by atoms with van der Waals surface area (Å²) in [4.78, 5) is 40.0. The molecule has 35 heavy (non-hydrogen) atoms. The molecule has 0 radical (unpaired) electrons. The van der Waals surface area contributed by atoms with Crippen molar-refractivity contribution >= 4 is 51.2 Å². The number of rotatable bonds is 3. The first-order chi connectivity index (χ1) is 17.0. The highest BCUT2D eigenvalue weighted by atomic mass is 16.2. The summed E-state index contributed by atoms with van der Waals surface area (Å²) in [6, 6.07) is 16.1. The van der Waals surface area contributed by atoms with Crippen molar-refractivity contribution in [2.45, 2.75) is 13.0 Å². The number of nitrogens with zero attached hydrogens (tertiary/aromatic N) is 3. The average Bonchev–Trinajstić information content (AvgIpc) is 3.58. The molecule has 0 spiro atoms. The maximum atomic E-state index is 13.4. The third kappa shape index (κ3) is 2.75. The number of imide groups is 1. The Hall–Kier alpha value is -4.13. The molecule has 7 nitrogen and oxygen atoms in total. The van der Waals surface area contributed by atoms with E-state index in [-0.39, 0.29) is 11.8 Å². The van der Waals surface area contributed by atoms with Gasteiger partial charge in [-0.05, 0) is 30.4 Å². The van der Waals surface area contributed by atoms with Gasteiger partial charge in [-0.2, -0.15) is 0 Å². The number of carbonyl (C=O) groups excluding carboxylic acids is 3. The zero-order valence-corrected chi connectivity index (χ0v) is 19.3. The molecule has 7 heteroatoms. The number of hydrogen-bond acceptors (Lipinski definition) is 3. The number of carbonyl (C=O) groups is 3. The number of nitrogens with one attached hydrogen (secondary N) is 1. The molecular formula is C28H24N4O3. The number of aryl methyl sites for hydroxylation is 1. The average molecular weight is 465 g/mol. The van der Waals surface area contributed by atoms with Crippen LogP contribution in [0.15, 0.2) is 54.7 Å². The van der Waals surface area contributed by atoms with Crippen molar-refractivity contribution in [1.82, 2.24) is 19.4 Å². The first kappa shape index (κ1) is 20.3. The second-order valence-corrected chi connectivity index (χ2v) is 9.94. The van der Waals surface area contributed by atoms with E-state index in [0.717, 1.165) is 71.1 Å². The van der Waals surface area contributed by atoms with E-state index in [9.17, 15) is 14.4 Å². The molecule has 2 aromatic carbocycles. The summed E-state index contributed by atoms with van der Waals surface area (Å²) in [5.74, 6) is 0.0339. The van der Waals surface area contributed by atoms with Crippen molar-refractivity contribution in [2.75, 3.05) is 13.1 Å². The lowest BCUT2D eigenvalue weighted by molar-refractivity contribution is -0.123. The Labute approximate surface area is 201 Å². The zero-order valence-electron chi connectivity index (χ0n) is 19.3. The van der Waals surface area contributed by atoms with Crippen molar-refractivity contribution in [1.29, 1.82) is 0 Å². The highest BCUT2D eigenvalue weighted by Gasteiger charge is 2.42. The third-order valence-corrected chi connectivity index (χ3v) is 8.05. The lowest BCUT2D eigenvalue weighted by Crippen LogP contribution is -2.28. The third-order valence-electron chi connectivity index (χ3n) is 8.05. The van der Waals surface area contributed by atoms with Gasteiger partial charge in [0.2, 0.25) is 6.41 Å².